The summed E-state index contributed by atoms with van der Waals surface area (Å²) in [4.78, 5) is 17.0. The number of rotatable bonds is 12. The van der Waals surface area contributed by atoms with E-state index in [0.717, 1.165) is 55.6 Å². The molecular formula is C26H35N3O2. The molecule has 5 nitrogen and oxygen atoms in total. The number of imidazole rings is 1. The van der Waals surface area contributed by atoms with Gasteiger partial charge in [-0.1, -0.05) is 51.0 Å². The fourth-order valence-electron chi connectivity index (χ4n) is 3.76. The molecule has 0 spiro atoms. The summed E-state index contributed by atoms with van der Waals surface area (Å²) in [5.74, 6) is 2.70. The molecule has 166 valence electrons. The predicted octanol–water partition coefficient (Wildman–Crippen LogP) is 5.16. The van der Waals surface area contributed by atoms with Crippen molar-refractivity contribution >= 4 is 16.9 Å². The van der Waals surface area contributed by atoms with Gasteiger partial charge in [-0.25, -0.2) is 4.98 Å². The number of hydrogen-bond acceptors (Lipinski definition) is 3. The molecule has 3 aromatic rings. The lowest BCUT2D eigenvalue weighted by atomic mass is 10.1. The number of hydrogen-bond donors (Lipinski definition) is 1. The molecule has 31 heavy (non-hydrogen) atoms. The van der Waals surface area contributed by atoms with Crippen molar-refractivity contribution in [1.82, 2.24) is 14.9 Å². The van der Waals surface area contributed by atoms with E-state index in [-0.39, 0.29) is 5.91 Å². The molecule has 1 amide bonds. The number of benzene rings is 2. The summed E-state index contributed by atoms with van der Waals surface area (Å²) >= 11 is 0. The van der Waals surface area contributed by atoms with Gasteiger partial charge in [-0.3, -0.25) is 4.79 Å². The molecule has 1 N–H and O–H groups in total. The van der Waals surface area contributed by atoms with Crippen LogP contribution in [0.1, 0.15) is 50.9 Å². The Morgan fingerprint density at radius 3 is 2.61 bits per heavy atom. The van der Waals surface area contributed by atoms with Gasteiger partial charge in [-0.2, -0.15) is 0 Å². The average molecular weight is 422 g/mol. The van der Waals surface area contributed by atoms with Crippen molar-refractivity contribution in [2.75, 3.05) is 13.7 Å². The molecule has 1 atom stereocenters. The minimum Gasteiger partial charge on any atom is -0.497 e. The number of amides is 1. The highest BCUT2D eigenvalue weighted by atomic mass is 16.5. The van der Waals surface area contributed by atoms with Crippen molar-refractivity contribution < 1.29 is 9.53 Å². The van der Waals surface area contributed by atoms with Gasteiger partial charge in [-0.05, 0) is 48.6 Å². The Morgan fingerprint density at radius 1 is 1.10 bits per heavy atom. The summed E-state index contributed by atoms with van der Waals surface area (Å²) in [6.07, 6.45) is 5.70. The topological polar surface area (TPSA) is 56.2 Å². The van der Waals surface area contributed by atoms with E-state index >= 15 is 0 Å². The number of carbonyl (C=O) groups excluding carboxylic acids is 1. The van der Waals surface area contributed by atoms with Crippen molar-refractivity contribution in [2.24, 2.45) is 5.92 Å². The van der Waals surface area contributed by atoms with Gasteiger partial charge >= 0.3 is 0 Å². The number of nitrogens with one attached hydrogen (secondary N) is 1. The fourth-order valence-corrected chi connectivity index (χ4v) is 3.76. The first kappa shape index (κ1) is 22.9. The zero-order valence-corrected chi connectivity index (χ0v) is 19.1. The van der Waals surface area contributed by atoms with E-state index in [1.807, 2.05) is 24.3 Å². The Morgan fingerprint density at radius 2 is 1.87 bits per heavy atom. The molecular weight excluding hydrogens is 386 g/mol. The Hall–Kier alpha value is -2.82. The summed E-state index contributed by atoms with van der Waals surface area (Å²) in [5, 5.41) is 3.03. The van der Waals surface area contributed by atoms with Crippen molar-refractivity contribution in [3.05, 3.63) is 59.9 Å². The van der Waals surface area contributed by atoms with Gasteiger partial charge in [0.25, 0.3) is 0 Å². The van der Waals surface area contributed by atoms with Crippen molar-refractivity contribution in [3.63, 3.8) is 0 Å². The Labute approximate surface area is 185 Å². The molecule has 0 bridgehead atoms. The minimum absolute atomic E-state index is 0.0699. The molecule has 0 aliphatic rings. The molecule has 0 aliphatic heterocycles. The number of aromatic nitrogens is 2. The van der Waals surface area contributed by atoms with Crippen LogP contribution in [0.25, 0.3) is 11.0 Å². The largest absolute Gasteiger partial charge is 0.497 e. The lowest BCUT2D eigenvalue weighted by Crippen LogP contribution is -2.26. The van der Waals surface area contributed by atoms with E-state index in [1.165, 1.54) is 17.8 Å². The molecule has 1 aromatic heterocycles. The first-order valence-electron chi connectivity index (χ1n) is 11.4. The van der Waals surface area contributed by atoms with E-state index in [9.17, 15) is 4.79 Å². The van der Waals surface area contributed by atoms with Crippen LogP contribution in [0.15, 0.2) is 48.5 Å². The zero-order valence-electron chi connectivity index (χ0n) is 19.1. The molecule has 0 fully saturated rings. The van der Waals surface area contributed by atoms with Gasteiger partial charge < -0.3 is 14.6 Å². The normalized spacial score (nSPS) is 12.1. The molecule has 0 saturated heterocycles. The SMILES string of the molecule is CCC(C)Cn1c(CCCCCNC(=O)Cc2ccc(OC)cc2)nc2ccccc21. The number of methoxy groups -OCH3 is 1. The molecule has 0 saturated carbocycles. The zero-order chi connectivity index (χ0) is 22.1. The molecule has 1 heterocycles. The second kappa shape index (κ2) is 11.5. The Kier molecular flexibility index (Phi) is 8.51. The van der Waals surface area contributed by atoms with Gasteiger partial charge in [0.1, 0.15) is 11.6 Å². The van der Waals surface area contributed by atoms with Crippen molar-refractivity contribution in [2.45, 2.75) is 58.9 Å². The standard InChI is InChI=1S/C26H35N3O2/c1-4-20(2)19-29-24-11-8-7-10-23(24)28-25(29)12-6-5-9-17-27-26(30)18-21-13-15-22(31-3)16-14-21/h7-8,10-11,13-16,20H,4-6,9,12,17-19H2,1-3H3,(H,27,30). The third-order valence-electron chi connectivity index (χ3n) is 5.85. The minimum atomic E-state index is 0.0699. The Bertz CT molecular complexity index is 962. The molecule has 0 aliphatic carbocycles. The molecule has 3 rings (SSSR count). The van der Waals surface area contributed by atoms with E-state index in [0.29, 0.717) is 12.3 Å². The van der Waals surface area contributed by atoms with E-state index < -0.39 is 0 Å². The summed E-state index contributed by atoms with van der Waals surface area (Å²) in [7, 11) is 1.64. The van der Waals surface area contributed by atoms with Crippen LogP contribution in [-0.2, 0) is 24.2 Å². The second-order valence-corrected chi connectivity index (χ2v) is 8.33. The highest BCUT2D eigenvalue weighted by molar-refractivity contribution is 5.78. The van der Waals surface area contributed by atoms with Crippen LogP contribution < -0.4 is 10.1 Å². The van der Waals surface area contributed by atoms with Gasteiger partial charge in [0.15, 0.2) is 0 Å². The first-order chi connectivity index (χ1) is 15.1. The van der Waals surface area contributed by atoms with Crippen LogP contribution in [-0.4, -0.2) is 29.1 Å². The number of aryl methyl sites for hydroxylation is 1. The summed E-state index contributed by atoms with van der Waals surface area (Å²) in [6.45, 7) is 6.28. The maximum absolute atomic E-state index is 12.1. The predicted molar refractivity (Wildman–Crippen MR) is 126 cm³/mol. The van der Waals surface area contributed by atoms with Gasteiger partial charge in [0.05, 0.1) is 24.6 Å². The maximum Gasteiger partial charge on any atom is 0.224 e. The number of carbonyl (C=O) groups is 1. The third-order valence-corrected chi connectivity index (χ3v) is 5.85. The van der Waals surface area contributed by atoms with Crippen molar-refractivity contribution in [3.8, 4) is 5.75 Å². The highest BCUT2D eigenvalue weighted by Gasteiger charge is 2.12. The third kappa shape index (κ3) is 6.58. The van der Waals surface area contributed by atoms with E-state index in [1.54, 1.807) is 7.11 Å². The number of para-hydroxylation sites is 2. The average Bonchev–Trinajstić information content (AvgIpc) is 3.13. The Balaban J connectivity index is 1.42. The first-order valence-corrected chi connectivity index (χ1v) is 11.4. The highest BCUT2D eigenvalue weighted by Crippen LogP contribution is 2.20. The second-order valence-electron chi connectivity index (χ2n) is 8.33. The number of ether oxygens (including phenoxy) is 1. The van der Waals surface area contributed by atoms with Crippen LogP contribution in [0, 0.1) is 5.92 Å². The van der Waals surface area contributed by atoms with Crippen LogP contribution in [0.2, 0.25) is 0 Å². The van der Waals surface area contributed by atoms with E-state index in [2.05, 4.69) is 48.0 Å². The van der Waals surface area contributed by atoms with Crippen LogP contribution in [0.5, 0.6) is 5.75 Å². The van der Waals surface area contributed by atoms with Crippen LogP contribution >= 0.6 is 0 Å². The quantitative estimate of drug-likeness (QED) is 0.411. The molecule has 0 radical (unpaired) electrons. The van der Waals surface area contributed by atoms with Gasteiger partial charge in [0.2, 0.25) is 5.91 Å². The summed E-state index contributed by atoms with van der Waals surface area (Å²) in [6, 6.07) is 16.1. The van der Waals surface area contributed by atoms with Crippen molar-refractivity contribution in [1.29, 1.82) is 0 Å². The number of nitrogens with zero attached hydrogens (tertiary/aromatic N) is 2. The lowest BCUT2D eigenvalue weighted by molar-refractivity contribution is -0.120. The maximum atomic E-state index is 12.1. The molecule has 2 aromatic carbocycles. The summed E-state index contributed by atoms with van der Waals surface area (Å²) < 4.78 is 7.55. The number of unbranched alkanes of at least 4 members (excludes halogenated alkanes) is 2. The van der Waals surface area contributed by atoms with Gasteiger partial charge in [-0.15, -0.1) is 0 Å². The monoisotopic (exact) mass is 421 g/mol. The van der Waals surface area contributed by atoms with Crippen LogP contribution in [0.3, 0.4) is 0 Å². The molecule has 5 heteroatoms. The smallest absolute Gasteiger partial charge is 0.224 e. The van der Waals surface area contributed by atoms with E-state index in [4.69, 9.17) is 9.72 Å². The summed E-state index contributed by atoms with van der Waals surface area (Å²) in [5.41, 5.74) is 3.33. The van der Waals surface area contributed by atoms with Gasteiger partial charge in [0, 0.05) is 19.5 Å². The molecule has 1 unspecified atom stereocenters. The fraction of sp³-hybridized carbons (Fsp3) is 0.462. The lowest BCUT2D eigenvalue weighted by Gasteiger charge is -2.14. The van der Waals surface area contributed by atoms with Crippen LogP contribution in [0.4, 0.5) is 0 Å². The number of fused-ring (bicyclic) bond motifs is 1.